The Bertz CT molecular complexity index is 329. The summed E-state index contributed by atoms with van der Waals surface area (Å²) >= 11 is 1.13. The number of Topliss-reactive ketones (excluding diaryl/α,β-unsaturated/α-hetero) is 1. The molecule has 0 fully saturated rings. The van der Waals surface area contributed by atoms with Crippen LogP contribution in [0.4, 0.5) is 13.2 Å². The van der Waals surface area contributed by atoms with Crippen molar-refractivity contribution in [2.24, 2.45) is 0 Å². The quantitative estimate of drug-likeness (QED) is 0.580. The van der Waals surface area contributed by atoms with Gasteiger partial charge >= 0.3 is 6.18 Å². The van der Waals surface area contributed by atoms with Crippen molar-refractivity contribution in [3.05, 3.63) is 22.4 Å². The van der Waals surface area contributed by atoms with E-state index in [0.717, 1.165) is 11.3 Å². The molecule has 0 saturated heterocycles. The summed E-state index contributed by atoms with van der Waals surface area (Å²) in [6.45, 7) is 0. The summed E-state index contributed by atoms with van der Waals surface area (Å²) in [5.74, 6) is -3.74. The van der Waals surface area contributed by atoms with Gasteiger partial charge in [-0.05, 0) is 22.4 Å². The van der Waals surface area contributed by atoms with Crippen molar-refractivity contribution in [3.63, 3.8) is 0 Å². The van der Waals surface area contributed by atoms with Gasteiger partial charge in [0, 0.05) is 0 Å². The average molecular weight is 222 g/mol. The molecule has 2 nitrogen and oxygen atoms in total. The van der Waals surface area contributed by atoms with Gasteiger partial charge in [-0.2, -0.15) is 24.5 Å². The van der Waals surface area contributed by atoms with E-state index in [4.69, 9.17) is 0 Å². The predicted octanol–water partition coefficient (Wildman–Crippen LogP) is 2.16. The first kappa shape index (κ1) is 10.9. The van der Waals surface area contributed by atoms with Crippen LogP contribution in [0.25, 0.3) is 0 Å². The normalized spacial score (nSPS) is 13.6. The van der Waals surface area contributed by atoms with Crippen LogP contribution in [0, 0.1) is 0 Å². The number of ketones is 1. The molecule has 0 bridgehead atoms. The van der Waals surface area contributed by atoms with E-state index in [0.29, 0.717) is 0 Å². The Balaban J connectivity index is 2.94. The number of thiophene rings is 1. The third-order valence-electron chi connectivity index (χ3n) is 1.60. The Morgan fingerprint density at radius 3 is 2.50 bits per heavy atom. The number of aldehydes is 1. The Hall–Kier alpha value is -1.17. The molecule has 1 unspecified atom stereocenters. The molecule has 0 spiro atoms. The van der Waals surface area contributed by atoms with Gasteiger partial charge in [0.1, 0.15) is 12.2 Å². The fourth-order valence-electron chi connectivity index (χ4n) is 0.920. The minimum Gasteiger partial charge on any atom is -0.302 e. The Morgan fingerprint density at radius 1 is 1.50 bits per heavy atom. The minimum atomic E-state index is -4.96. The smallest absolute Gasteiger partial charge is 0.302 e. The van der Waals surface area contributed by atoms with Gasteiger partial charge in [0.15, 0.2) is 0 Å². The number of carbonyl (C=O) groups is 2. The van der Waals surface area contributed by atoms with E-state index in [2.05, 4.69) is 0 Å². The third-order valence-corrected chi connectivity index (χ3v) is 2.30. The van der Waals surface area contributed by atoms with Crippen molar-refractivity contribution < 1.29 is 22.8 Å². The largest absolute Gasteiger partial charge is 0.451 e. The number of halogens is 3. The zero-order valence-corrected chi connectivity index (χ0v) is 7.56. The summed E-state index contributed by atoms with van der Waals surface area (Å²) in [5.41, 5.74) is 0.0901. The Labute approximate surface area is 81.4 Å². The first-order chi connectivity index (χ1) is 6.46. The highest BCUT2D eigenvalue weighted by Gasteiger charge is 2.43. The van der Waals surface area contributed by atoms with Crippen molar-refractivity contribution in [1.82, 2.24) is 0 Å². The van der Waals surface area contributed by atoms with Crippen LogP contribution in [0.15, 0.2) is 16.8 Å². The molecule has 14 heavy (non-hydrogen) atoms. The minimum absolute atomic E-state index is 0.0118. The molecule has 1 heterocycles. The summed E-state index contributed by atoms with van der Waals surface area (Å²) in [7, 11) is 0. The summed E-state index contributed by atoms with van der Waals surface area (Å²) in [5, 5.41) is 2.86. The van der Waals surface area contributed by atoms with E-state index in [9.17, 15) is 22.8 Å². The SMILES string of the molecule is O=CC(C(=O)C(F)(F)F)c1ccsc1. The van der Waals surface area contributed by atoms with Gasteiger partial charge in [-0.3, -0.25) is 4.79 Å². The van der Waals surface area contributed by atoms with Crippen molar-refractivity contribution in [2.75, 3.05) is 0 Å². The van der Waals surface area contributed by atoms with Crippen LogP contribution in [0.2, 0.25) is 0 Å². The van der Waals surface area contributed by atoms with Crippen LogP contribution in [-0.4, -0.2) is 18.2 Å². The highest BCUT2D eigenvalue weighted by atomic mass is 32.1. The van der Waals surface area contributed by atoms with E-state index in [-0.39, 0.29) is 11.8 Å². The molecule has 0 aliphatic heterocycles. The molecule has 0 aliphatic rings. The van der Waals surface area contributed by atoms with Crippen LogP contribution in [-0.2, 0) is 9.59 Å². The molecule has 0 N–H and O–H groups in total. The first-order valence-electron chi connectivity index (χ1n) is 3.55. The second kappa shape index (κ2) is 3.91. The maximum Gasteiger partial charge on any atom is 0.451 e. The fraction of sp³-hybridized carbons (Fsp3) is 0.250. The van der Waals surface area contributed by atoms with Crippen LogP contribution >= 0.6 is 11.3 Å². The van der Waals surface area contributed by atoms with E-state index >= 15 is 0 Å². The summed E-state index contributed by atoms with van der Waals surface area (Å²) in [6, 6.07) is 1.33. The lowest BCUT2D eigenvalue weighted by atomic mass is 9.99. The third kappa shape index (κ3) is 2.20. The number of rotatable bonds is 3. The van der Waals surface area contributed by atoms with Crippen LogP contribution in [0.1, 0.15) is 11.5 Å². The molecule has 1 rings (SSSR count). The fourth-order valence-corrected chi connectivity index (χ4v) is 1.62. The van der Waals surface area contributed by atoms with Gasteiger partial charge in [-0.25, -0.2) is 0 Å². The molecule has 0 aliphatic carbocycles. The van der Waals surface area contributed by atoms with Crippen LogP contribution in [0.3, 0.4) is 0 Å². The zero-order chi connectivity index (χ0) is 10.8. The maximum atomic E-state index is 12.0. The first-order valence-corrected chi connectivity index (χ1v) is 4.49. The van der Waals surface area contributed by atoms with E-state index < -0.39 is 17.9 Å². The molecule has 0 radical (unpaired) electrons. The van der Waals surface area contributed by atoms with E-state index in [1.807, 2.05) is 0 Å². The molecular weight excluding hydrogens is 217 g/mol. The van der Waals surface area contributed by atoms with Gasteiger partial charge in [0.25, 0.3) is 5.78 Å². The van der Waals surface area contributed by atoms with Gasteiger partial charge in [0.05, 0.1) is 0 Å². The summed E-state index contributed by atoms with van der Waals surface area (Å²) < 4.78 is 35.9. The summed E-state index contributed by atoms with van der Waals surface area (Å²) in [6.07, 6.45) is -4.95. The van der Waals surface area contributed by atoms with Gasteiger partial charge in [-0.1, -0.05) is 0 Å². The second-order valence-corrected chi connectivity index (χ2v) is 3.31. The van der Waals surface area contributed by atoms with Crippen molar-refractivity contribution in [3.8, 4) is 0 Å². The summed E-state index contributed by atoms with van der Waals surface area (Å²) in [4.78, 5) is 21.1. The monoisotopic (exact) mass is 222 g/mol. The van der Waals surface area contributed by atoms with Crippen molar-refractivity contribution in [1.29, 1.82) is 0 Å². The highest BCUT2D eigenvalue weighted by Crippen LogP contribution is 2.27. The Morgan fingerprint density at radius 2 is 2.14 bits per heavy atom. The Kier molecular flexibility index (Phi) is 3.05. The number of hydrogen-bond donors (Lipinski definition) is 0. The number of carbonyl (C=O) groups excluding carboxylic acids is 2. The number of alkyl halides is 3. The lowest BCUT2D eigenvalue weighted by Crippen LogP contribution is -2.29. The van der Waals surface area contributed by atoms with Gasteiger partial charge < -0.3 is 4.79 Å². The molecule has 1 aromatic heterocycles. The predicted molar refractivity (Wildman–Crippen MR) is 44.2 cm³/mol. The maximum absolute atomic E-state index is 12.0. The van der Waals surface area contributed by atoms with Crippen LogP contribution in [0.5, 0.6) is 0 Å². The standard InChI is InChI=1S/C8H5F3O2S/c9-8(10,11)7(13)6(3-12)5-1-2-14-4-5/h1-4,6H. The van der Waals surface area contributed by atoms with Gasteiger partial charge in [-0.15, -0.1) is 0 Å². The molecular formula is C8H5F3O2S. The van der Waals surface area contributed by atoms with Crippen molar-refractivity contribution >= 4 is 23.4 Å². The molecule has 76 valence electrons. The molecule has 1 atom stereocenters. The lowest BCUT2D eigenvalue weighted by Gasteiger charge is -2.09. The topological polar surface area (TPSA) is 34.1 Å². The van der Waals surface area contributed by atoms with Gasteiger partial charge in [0.2, 0.25) is 0 Å². The van der Waals surface area contributed by atoms with Crippen molar-refractivity contribution in [2.45, 2.75) is 12.1 Å². The molecule has 0 aromatic carbocycles. The highest BCUT2D eigenvalue weighted by molar-refractivity contribution is 7.08. The second-order valence-electron chi connectivity index (χ2n) is 2.53. The van der Waals surface area contributed by atoms with Crippen LogP contribution < -0.4 is 0 Å². The molecule has 0 saturated carbocycles. The van der Waals surface area contributed by atoms with E-state index in [1.165, 1.54) is 16.8 Å². The molecule has 1 aromatic rings. The average Bonchev–Trinajstić information content (AvgIpc) is 2.57. The lowest BCUT2D eigenvalue weighted by molar-refractivity contribution is -0.172. The van der Waals surface area contributed by atoms with E-state index in [1.54, 1.807) is 0 Å². The molecule has 0 amide bonds. The number of hydrogen-bond acceptors (Lipinski definition) is 3. The molecule has 6 heteroatoms. The zero-order valence-electron chi connectivity index (χ0n) is 6.75.